The number of aryl methyl sites for hydroxylation is 1. The molecule has 26 heavy (non-hydrogen) atoms. The molecule has 0 aliphatic heterocycles. The Bertz CT molecular complexity index is 1340. The van der Waals surface area contributed by atoms with Gasteiger partial charge in [0.05, 0.1) is 0 Å². The second-order valence-corrected chi connectivity index (χ2v) is 7.29. The van der Waals surface area contributed by atoms with Crippen molar-refractivity contribution >= 4 is 32.6 Å². The van der Waals surface area contributed by atoms with Crippen LogP contribution in [0.3, 0.4) is 0 Å². The molecule has 1 heteroatoms. The molecule has 1 nitrogen and oxygen atoms in total. The Balaban J connectivity index is 1.80. The fraction of sp³-hybridized carbons (Fsp3) is 0.120. The van der Waals surface area contributed by atoms with Gasteiger partial charge < -0.3 is 4.57 Å². The fourth-order valence-electron chi connectivity index (χ4n) is 4.85. The highest BCUT2D eigenvalue weighted by Gasteiger charge is 2.20. The van der Waals surface area contributed by atoms with E-state index >= 15 is 0 Å². The zero-order valence-corrected chi connectivity index (χ0v) is 14.8. The molecule has 5 aromatic rings. The van der Waals surface area contributed by atoms with Crippen molar-refractivity contribution < 1.29 is 0 Å². The molecule has 0 amide bonds. The van der Waals surface area contributed by atoms with Crippen LogP contribution in [0, 0.1) is 0 Å². The first-order chi connectivity index (χ1) is 12.8. The van der Waals surface area contributed by atoms with Crippen molar-refractivity contribution in [3.8, 4) is 11.1 Å². The van der Waals surface area contributed by atoms with Gasteiger partial charge in [0.1, 0.15) is 0 Å². The number of nitrogens with zero attached hydrogens (tertiary/aromatic N) is 1. The fourth-order valence-corrected chi connectivity index (χ4v) is 4.85. The molecular formula is C25H19N. The van der Waals surface area contributed by atoms with Crippen LogP contribution in [0.5, 0.6) is 0 Å². The number of hydrogen-bond donors (Lipinski definition) is 0. The summed E-state index contributed by atoms with van der Waals surface area (Å²) in [7, 11) is 0. The van der Waals surface area contributed by atoms with E-state index in [9.17, 15) is 0 Å². The van der Waals surface area contributed by atoms with Crippen molar-refractivity contribution in [2.75, 3.05) is 0 Å². The van der Waals surface area contributed by atoms with Crippen LogP contribution in [0.2, 0.25) is 0 Å². The molecule has 0 bridgehead atoms. The zero-order valence-electron chi connectivity index (χ0n) is 14.8. The lowest BCUT2D eigenvalue weighted by molar-refractivity contribution is 0.827. The van der Waals surface area contributed by atoms with Gasteiger partial charge in [0.2, 0.25) is 0 Å². The lowest BCUT2D eigenvalue weighted by Gasteiger charge is -2.07. The Kier molecular flexibility index (Phi) is 2.71. The summed E-state index contributed by atoms with van der Waals surface area (Å²) in [4.78, 5) is 0. The van der Waals surface area contributed by atoms with Crippen molar-refractivity contribution in [2.24, 2.45) is 0 Å². The molecule has 1 aliphatic rings. The van der Waals surface area contributed by atoms with E-state index < -0.39 is 0 Å². The Hall–Kier alpha value is -3.06. The first kappa shape index (κ1) is 14.1. The van der Waals surface area contributed by atoms with E-state index in [1.54, 1.807) is 0 Å². The Labute approximate surface area is 152 Å². The molecule has 0 spiro atoms. The number of rotatable bonds is 1. The maximum Gasteiger partial charge on any atom is 0.0497 e. The second kappa shape index (κ2) is 4.98. The van der Waals surface area contributed by atoms with Crippen LogP contribution in [-0.2, 0) is 13.0 Å². The minimum absolute atomic E-state index is 0.989. The SMILES string of the molecule is CCn1c2ccccc2c2c3cc4c(cc3ccc21)Cc1ccccc1-4. The summed E-state index contributed by atoms with van der Waals surface area (Å²) in [5.74, 6) is 0. The van der Waals surface area contributed by atoms with Gasteiger partial charge in [-0.25, -0.2) is 0 Å². The van der Waals surface area contributed by atoms with Gasteiger partial charge in [-0.1, -0.05) is 54.6 Å². The Morgan fingerprint density at radius 3 is 2.50 bits per heavy atom. The number of aromatic nitrogens is 1. The van der Waals surface area contributed by atoms with Gasteiger partial charge in [-0.2, -0.15) is 0 Å². The van der Waals surface area contributed by atoms with Gasteiger partial charge >= 0.3 is 0 Å². The van der Waals surface area contributed by atoms with Crippen molar-refractivity contribution in [3.63, 3.8) is 0 Å². The maximum absolute atomic E-state index is 2.44. The van der Waals surface area contributed by atoms with Crippen LogP contribution in [-0.4, -0.2) is 4.57 Å². The molecule has 0 saturated heterocycles. The topological polar surface area (TPSA) is 4.93 Å². The van der Waals surface area contributed by atoms with E-state index in [4.69, 9.17) is 0 Å². The molecule has 6 rings (SSSR count). The molecule has 0 atom stereocenters. The summed E-state index contributed by atoms with van der Waals surface area (Å²) >= 11 is 0. The predicted molar refractivity (Wildman–Crippen MR) is 111 cm³/mol. The standard InChI is InChI=1S/C25H19N/c1-2-26-23-10-6-5-9-20(23)25-22-15-21-18(14-17(22)11-12-24(25)26)13-16-7-3-4-8-19(16)21/h3-12,14-15H,2,13H2,1H3. The van der Waals surface area contributed by atoms with E-state index in [0.717, 1.165) is 13.0 Å². The average Bonchev–Trinajstić information content (AvgIpc) is 3.21. The number of fused-ring (bicyclic) bond motifs is 8. The van der Waals surface area contributed by atoms with E-state index in [1.807, 2.05) is 0 Å². The molecule has 0 unspecified atom stereocenters. The quantitative estimate of drug-likeness (QED) is 0.322. The van der Waals surface area contributed by atoms with Crippen molar-refractivity contribution in [1.29, 1.82) is 0 Å². The predicted octanol–water partition coefficient (Wildman–Crippen LogP) is 6.54. The van der Waals surface area contributed by atoms with Crippen LogP contribution in [0.4, 0.5) is 0 Å². The summed E-state index contributed by atoms with van der Waals surface area (Å²) < 4.78 is 2.44. The zero-order chi connectivity index (χ0) is 17.3. The minimum Gasteiger partial charge on any atom is -0.341 e. The number of benzene rings is 4. The van der Waals surface area contributed by atoms with E-state index in [-0.39, 0.29) is 0 Å². The summed E-state index contributed by atoms with van der Waals surface area (Å²) in [6.07, 6.45) is 1.05. The summed E-state index contributed by atoms with van der Waals surface area (Å²) in [5.41, 5.74) is 8.39. The van der Waals surface area contributed by atoms with E-state index in [1.165, 1.54) is 54.8 Å². The highest BCUT2D eigenvalue weighted by Crippen LogP contribution is 2.42. The van der Waals surface area contributed by atoms with E-state index in [2.05, 4.69) is 84.3 Å². The smallest absolute Gasteiger partial charge is 0.0497 e. The van der Waals surface area contributed by atoms with Crippen molar-refractivity contribution in [2.45, 2.75) is 19.9 Å². The maximum atomic E-state index is 2.44. The van der Waals surface area contributed by atoms with Gasteiger partial charge in [-0.3, -0.25) is 0 Å². The van der Waals surface area contributed by atoms with Crippen LogP contribution in [0.1, 0.15) is 18.1 Å². The van der Waals surface area contributed by atoms with E-state index in [0.29, 0.717) is 0 Å². The van der Waals surface area contributed by atoms with Crippen LogP contribution >= 0.6 is 0 Å². The molecule has 1 heterocycles. The Morgan fingerprint density at radius 1 is 0.731 bits per heavy atom. The third-order valence-corrected chi connectivity index (χ3v) is 5.98. The summed E-state index contributed by atoms with van der Waals surface area (Å²) in [5, 5.41) is 5.48. The van der Waals surface area contributed by atoms with Gasteiger partial charge in [-0.05, 0) is 64.6 Å². The molecule has 1 aliphatic carbocycles. The lowest BCUT2D eigenvalue weighted by Crippen LogP contribution is -1.92. The minimum atomic E-state index is 0.989. The van der Waals surface area contributed by atoms with Crippen LogP contribution in [0.15, 0.2) is 72.8 Å². The normalized spacial score (nSPS) is 12.8. The highest BCUT2D eigenvalue weighted by atomic mass is 15.0. The first-order valence-electron chi connectivity index (χ1n) is 9.40. The van der Waals surface area contributed by atoms with Crippen molar-refractivity contribution in [3.05, 3.63) is 83.9 Å². The molecule has 0 radical (unpaired) electrons. The third kappa shape index (κ3) is 1.70. The van der Waals surface area contributed by atoms with Gasteiger partial charge in [0.15, 0.2) is 0 Å². The molecule has 124 valence electrons. The van der Waals surface area contributed by atoms with Gasteiger partial charge in [0.25, 0.3) is 0 Å². The molecule has 1 aromatic heterocycles. The van der Waals surface area contributed by atoms with Crippen LogP contribution < -0.4 is 0 Å². The average molecular weight is 333 g/mol. The van der Waals surface area contributed by atoms with Gasteiger partial charge in [0, 0.05) is 28.4 Å². The Morgan fingerprint density at radius 2 is 1.58 bits per heavy atom. The van der Waals surface area contributed by atoms with Crippen LogP contribution in [0.25, 0.3) is 43.7 Å². The first-order valence-corrected chi connectivity index (χ1v) is 9.40. The summed E-state index contributed by atoms with van der Waals surface area (Å²) in [6, 6.07) is 27.1. The monoisotopic (exact) mass is 333 g/mol. The summed E-state index contributed by atoms with van der Waals surface area (Å²) in [6.45, 7) is 3.22. The second-order valence-electron chi connectivity index (χ2n) is 7.29. The highest BCUT2D eigenvalue weighted by molar-refractivity contribution is 6.21. The number of para-hydroxylation sites is 1. The molecule has 4 aromatic carbocycles. The van der Waals surface area contributed by atoms with Crippen molar-refractivity contribution in [1.82, 2.24) is 4.57 Å². The lowest BCUT2D eigenvalue weighted by atomic mass is 9.97. The largest absolute Gasteiger partial charge is 0.341 e. The third-order valence-electron chi connectivity index (χ3n) is 5.98. The van der Waals surface area contributed by atoms with Gasteiger partial charge in [-0.15, -0.1) is 0 Å². The molecule has 0 fully saturated rings. The molecular weight excluding hydrogens is 314 g/mol. The molecule has 0 saturated carbocycles. The molecule has 0 N–H and O–H groups in total. The number of hydrogen-bond acceptors (Lipinski definition) is 0.